The van der Waals surface area contributed by atoms with Gasteiger partial charge in [-0.15, -0.1) is 0 Å². The molecule has 1 aromatic carbocycles. The van der Waals surface area contributed by atoms with Crippen molar-refractivity contribution in [3.05, 3.63) is 41.7 Å². The molecule has 2 rings (SSSR count). The van der Waals surface area contributed by atoms with Crippen molar-refractivity contribution in [2.45, 2.75) is 19.3 Å². The van der Waals surface area contributed by atoms with Gasteiger partial charge in [-0.1, -0.05) is 12.1 Å². The largest absolute Gasteiger partial charge is 0.396 e. The van der Waals surface area contributed by atoms with Crippen LogP contribution in [0.4, 0.5) is 4.39 Å². The van der Waals surface area contributed by atoms with Crippen LogP contribution in [0.3, 0.4) is 0 Å². The van der Waals surface area contributed by atoms with Crippen LogP contribution in [0.1, 0.15) is 24.8 Å². The molecular weight excluding hydrogens is 245 g/mol. The third kappa shape index (κ3) is 4.17. The van der Waals surface area contributed by atoms with E-state index in [2.05, 4.69) is 5.32 Å². The first-order valence-electron chi connectivity index (χ1n) is 6.46. The van der Waals surface area contributed by atoms with Crippen LogP contribution < -0.4 is 5.32 Å². The van der Waals surface area contributed by atoms with E-state index in [1.165, 1.54) is 18.2 Å². The maximum absolute atomic E-state index is 12.7. The summed E-state index contributed by atoms with van der Waals surface area (Å²) in [5.74, 6) is -0.449. The Hall–Kier alpha value is -1.68. The molecular formula is C15H18FNO2. The summed E-state index contributed by atoms with van der Waals surface area (Å²) < 4.78 is 12.7. The Balaban J connectivity index is 1.79. The summed E-state index contributed by atoms with van der Waals surface area (Å²) in [7, 11) is 0. The topological polar surface area (TPSA) is 49.3 Å². The van der Waals surface area contributed by atoms with Gasteiger partial charge in [0.15, 0.2) is 0 Å². The lowest BCUT2D eigenvalue weighted by molar-refractivity contribution is -0.116. The second-order valence-corrected chi connectivity index (χ2v) is 5.08. The molecule has 0 aliphatic heterocycles. The van der Waals surface area contributed by atoms with E-state index < -0.39 is 0 Å². The molecule has 1 aromatic rings. The molecule has 1 fully saturated rings. The zero-order valence-electron chi connectivity index (χ0n) is 10.7. The van der Waals surface area contributed by atoms with Gasteiger partial charge in [-0.3, -0.25) is 4.79 Å². The molecule has 0 saturated heterocycles. The summed E-state index contributed by atoms with van der Waals surface area (Å²) in [6, 6.07) is 5.95. The van der Waals surface area contributed by atoms with Crippen LogP contribution in [0, 0.1) is 11.2 Å². The summed E-state index contributed by atoms with van der Waals surface area (Å²) in [5, 5.41) is 11.8. The van der Waals surface area contributed by atoms with Gasteiger partial charge >= 0.3 is 0 Å². The van der Waals surface area contributed by atoms with E-state index >= 15 is 0 Å². The number of benzene rings is 1. The van der Waals surface area contributed by atoms with E-state index in [0.717, 1.165) is 24.8 Å². The van der Waals surface area contributed by atoms with Crippen LogP contribution in [0.15, 0.2) is 30.3 Å². The molecule has 102 valence electrons. The number of carbonyl (C=O) groups is 1. The van der Waals surface area contributed by atoms with Crippen molar-refractivity contribution < 1.29 is 14.3 Å². The fourth-order valence-corrected chi connectivity index (χ4v) is 2.01. The highest BCUT2D eigenvalue weighted by Gasteiger charge is 2.41. The van der Waals surface area contributed by atoms with Gasteiger partial charge in [-0.25, -0.2) is 4.39 Å². The summed E-state index contributed by atoms with van der Waals surface area (Å²) in [5.41, 5.74) is 0.904. The molecule has 3 nitrogen and oxygen atoms in total. The number of carbonyl (C=O) groups excluding carboxylic acids is 1. The highest BCUT2D eigenvalue weighted by Crippen LogP contribution is 2.47. The van der Waals surface area contributed by atoms with Gasteiger partial charge < -0.3 is 10.4 Å². The molecule has 0 radical (unpaired) electrons. The summed E-state index contributed by atoms with van der Waals surface area (Å²) in [6.07, 6.45) is 5.97. The number of aliphatic hydroxyl groups is 1. The van der Waals surface area contributed by atoms with Crippen LogP contribution in [-0.2, 0) is 4.79 Å². The number of hydrogen-bond donors (Lipinski definition) is 2. The number of rotatable bonds is 6. The number of nitrogens with one attached hydrogen (secondary N) is 1. The second-order valence-electron chi connectivity index (χ2n) is 5.08. The minimum atomic E-state index is -0.290. The van der Waals surface area contributed by atoms with Crippen molar-refractivity contribution in [1.29, 1.82) is 0 Å². The Labute approximate surface area is 112 Å². The van der Waals surface area contributed by atoms with Crippen molar-refractivity contribution in [3.8, 4) is 0 Å². The van der Waals surface area contributed by atoms with Gasteiger partial charge in [-0.05, 0) is 48.4 Å². The lowest BCUT2D eigenvalue weighted by Crippen LogP contribution is -2.29. The first kappa shape index (κ1) is 13.7. The molecule has 0 spiro atoms. The van der Waals surface area contributed by atoms with Crippen molar-refractivity contribution in [2.24, 2.45) is 5.41 Å². The molecule has 19 heavy (non-hydrogen) atoms. The van der Waals surface area contributed by atoms with Crippen LogP contribution in [-0.4, -0.2) is 24.2 Å². The van der Waals surface area contributed by atoms with E-state index in [1.54, 1.807) is 18.2 Å². The van der Waals surface area contributed by atoms with Crippen molar-refractivity contribution >= 4 is 12.0 Å². The molecule has 0 unspecified atom stereocenters. The molecule has 1 saturated carbocycles. The highest BCUT2D eigenvalue weighted by molar-refractivity contribution is 5.91. The second kappa shape index (κ2) is 5.97. The Morgan fingerprint density at radius 2 is 2.05 bits per heavy atom. The molecule has 1 amide bonds. The third-order valence-electron chi connectivity index (χ3n) is 3.53. The number of hydrogen-bond acceptors (Lipinski definition) is 2. The molecule has 0 bridgehead atoms. The van der Waals surface area contributed by atoms with Crippen LogP contribution in [0.2, 0.25) is 0 Å². The number of aliphatic hydroxyl groups excluding tert-OH is 1. The minimum absolute atomic E-state index is 0.119. The smallest absolute Gasteiger partial charge is 0.244 e. The van der Waals surface area contributed by atoms with Gasteiger partial charge in [0.1, 0.15) is 5.82 Å². The molecule has 1 aliphatic carbocycles. The van der Waals surface area contributed by atoms with E-state index in [9.17, 15) is 9.18 Å². The fourth-order valence-electron chi connectivity index (χ4n) is 2.01. The van der Waals surface area contributed by atoms with Crippen molar-refractivity contribution in [3.63, 3.8) is 0 Å². The van der Waals surface area contributed by atoms with Gasteiger partial charge in [0, 0.05) is 19.2 Å². The molecule has 0 atom stereocenters. The van der Waals surface area contributed by atoms with E-state index in [4.69, 9.17) is 5.11 Å². The molecule has 0 aromatic heterocycles. The first-order valence-corrected chi connectivity index (χ1v) is 6.46. The molecule has 4 heteroatoms. The third-order valence-corrected chi connectivity index (χ3v) is 3.53. The maximum Gasteiger partial charge on any atom is 0.244 e. The van der Waals surface area contributed by atoms with Gasteiger partial charge in [0.25, 0.3) is 0 Å². The standard InChI is InChI=1S/C15H18FNO2/c16-13-4-1-12(2-5-13)3-6-14(19)17-11-15(7-8-15)9-10-18/h1-6,18H,7-11H2,(H,17,19)/b6-3+. The van der Waals surface area contributed by atoms with E-state index in [0.29, 0.717) is 6.54 Å². The highest BCUT2D eigenvalue weighted by atomic mass is 19.1. The lowest BCUT2D eigenvalue weighted by atomic mass is 10.0. The average Bonchev–Trinajstić information content (AvgIpc) is 3.17. The average molecular weight is 263 g/mol. The van der Waals surface area contributed by atoms with Gasteiger partial charge in [0.2, 0.25) is 5.91 Å². The zero-order chi connectivity index (χ0) is 13.7. The van der Waals surface area contributed by atoms with Gasteiger partial charge in [-0.2, -0.15) is 0 Å². The van der Waals surface area contributed by atoms with Crippen LogP contribution in [0.5, 0.6) is 0 Å². The van der Waals surface area contributed by atoms with Crippen molar-refractivity contribution in [2.75, 3.05) is 13.2 Å². The van der Waals surface area contributed by atoms with Crippen LogP contribution >= 0.6 is 0 Å². The van der Waals surface area contributed by atoms with E-state index in [1.807, 2.05) is 0 Å². The molecule has 2 N–H and O–H groups in total. The molecule has 0 heterocycles. The zero-order valence-corrected chi connectivity index (χ0v) is 10.7. The Kier molecular flexibility index (Phi) is 4.32. The molecule has 1 aliphatic rings. The lowest BCUT2D eigenvalue weighted by Gasteiger charge is -2.13. The first-order chi connectivity index (χ1) is 9.13. The predicted molar refractivity (Wildman–Crippen MR) is 71.8 cm³/mol. The van der Waals surface area contributed by atoms with Crippen LogP contribution in [0.25, 0.3) is 6.08 Å². The van der Waals surface area contributed by atoms with Crippen molar-refractivity contribution in [1.82, 2.24) is 5.32 Å². The summed E-state index contributed by atoms with van der Waals surface area (Å²) in [4.78, 5) is 11.6. The Morgan fingerprint density at radius 1 is 1.37 bits per heavy atom. The maximum atomic E-state index is 12.7. The Morgan fingerprint density at radius 3 is 2.63 bits per heavy atom. The summed E-state index contributed by atoms with van der Waals surface area (Å²) in [6.45, 7) is 0.779. The fraction of sp³-hybridized carbons (Fsp3) is 0.400. The monoisotopic (exact) mass is 263 g/mol. The van der Waals surface area contributed by atoms with E-state index in [-0.39, 0.29) is 23.7 Å². The quantitative estimate of drug-likeness (QED) is 0.772. The minimum Gasteiger partial charge on any atom is -0.396 e. The number of amides is 1. The Bertz CT molecular complexity index is 464. The normalized spacial score (nSPS) is 16.5. The van der Waals surface area contributed by atoms with Gasteiger partial charge in [0.05, 0.1) is 0 Å². The number of halogens is 1. The predicted octanol–water partition coefficient (Wildman–Crippen LogP) is 2.12. The SMILES string of the molecule is O=C(/C=C/c1ccc(F)cc1)NCC1(CCO)CC1. The summed E-state index contributed by atoms with van der Waals surface area (Å²) >= 11 is 0.